The van der Waals surface area contributed by atoms with Gasteiger partial charge >= 0.3 is 17.9 Å². The summed E-state index contributed by atoms with van der Waals surface area (Å²) >= 11 is 0. The first-order valence-electron chi connectivity index (χ1n) is 31.9. The quantitative estimate of drug-likeness (QED) is 0.0211. The Bertz CT molecular complexity index is 2010. The van der Waals surface area contributed by atoms with Gasteiger partial charge < -0.3 is 28.5 Å². The average molecular weight is 1150 g/mol. The van der Waals surface area contributed by atoms with Crippen LogP contribution in [-0.2, 0) is 33.3 Å². The third-order valence-corrected chi connectivity index (χ3v) is 12.7. The number of aliphatic carboxylic acids is 1. The third-order valence-electron chi connectivity index (χ3n) is 12.7. The van der Waals surface area contributed by atoms with Crippen molar-refractivity contribution in [1.29, 1.82) is 0 Å². The van der Waals surface area contributed by atoms with Crippen molar-refractivity contribution in [2.45, 2.75) is 219 Å². The molecule has 0 bridgehead atoms. The number of hydrogen-bond donors (Lipinski definition) is 1. The second-order valence-corrected chi connectivity index (χ2v) is 21.6. The van der Waals surface area contributed by atoms with Gasteiger partial charge in [-0.15, -0.1) is 0 Å². The number of unbranched alkanes of at least 4 members (excludes halogenated alkanes) is 11. The van der Waals surface area contributed by atoms with E-state index in [4.69, 9.17) is 18.9 Å². The van der Waals surface area contributed by atoms with Gasteiger partial charge in [-0.2, -0.15) is 0 Å². The van der Waals surface area contributed by atoms with Gasteiger partial charge in [0.15, 0.2) is 6.10 Å². The number of esters is 2. The van der Waals surface area contributed by atoms with Crippen LogP contribution in [0.5, 0.6) is 0 Å². The van der Waals surface area contributed by atoms with Crippen LogP contribution in [0.4, 0.5) is 0 Å². The van der Waals surface area contributed by atoms with Gasteiger partial charge in [0.2, 0.25) is 0 Å². The fourth-order valence-electron chi connectivity index (χ4n) is 7.83. The topological polar surface area (TPSA) is 108 Å². The Kier molecular flexibility index (Phi) is 58.2. The van der Waals surface area contributed by atoms with Gasteiger partial charge in [-0.3, -0.25) is 9.59 Å². The molecule has 0 rings (SSSR count). The molecule has 0 amide bonds. The Labute approximate surface area is 507 Å². The summed E-state index contributed by atoms with van der Waals surface area (Å²) in [5, 5.41) is 9.71. The number of hydrogen-bond acceptors (Lipinski definition) is 7. The molecular weight excluding hydrogens is 1030 g/mol. The number of carbonyl (C=O) groups is 3. The number of allylic oxidation sites excluding steroid dienone is 30. The van der Waals surface area contributed by atoms with Crippen LogP contribution in [0.1, 0.15) is 206 Å². The van der Waals surface area contributed by atoms with Gasteiger partial charge in [-0.05, 0) is 135 Å². The number of ether oxygens (including phenoxy) is 4. The number of nitrogens with zero attached hydrogens (tertiary/aromatic N) is 1. The largest absolute Gasteiger partial charge is 0.477 e. The van der Waals surface area contributed by atoms with E-state index in [1.807, 2.05) is 21.1 Å². The van der Waals surface area contributed by atoms with Crippen LogP contribution in [0.2, 0.25) is 0 Å². The van der Waals surface area contributed by atoms with Crippen LogP contribution >= 0.6 is 0 Å². The number of rotatable bonds is 56. The van der Waals surface area contributed by atoms with Gasteiger partial charge in [0.05, 0.1) is 34.4 Å². The van der Waals surface area contributed by atoms with Gasteiger partial charge in [-0.25, -0.2) is 4.79 Å². The first-order valence-corrected chi connectivity index (χ1v) is 31.9. The molecule has 83 heavy (non-hydrogen) atoms. The Morgan fingerprint density at radius 3 is 0.964 bits per heavy atom. The molecule has 0 spiro atoms. The van der Waals surface area contributed by atoms with Crippen LogP contribution in [0.3, 0.4) is 0 Å². The zero-order valence-corrected chi connectivity index (χ0v) is 52.8. The Hall–Kier alpha value is -5.61. The minimum absolute atomic E-state index is 0.171. The maximum atomic E-state index is 12.9. The predicted molar refractivity (Wildman–Crippen MR) is 354 cm³/mol. The zero-order valence-electron chi connectivity index (χ0n) is 52.8. The number of carbonyl (C=O) groups excluding carboxylic acids is 2. The minimum atomic E-state index is -1.53. The van der Waals surface area contributed by atoms with Gasteiger partial charge in [0.25, 0.3) is 6.29 Å². The molecule has 0 aliphatic carbocycles. The molecule has 0 aliphatic heterocycles. The van der Waals surface area contributed by atoms with Crippen molar-refractivity contribution < 1.29 is 42.9 Å². The highest BCUT2D eigenvalue weighted by atomic mass is 16.7. The minimum Gasteiger partial charge on any atom is -0.477 e. The molecule has 9 heteroatoms. The molecule has 0 aromatic heterocycles. The van der Waals surface area contributed by atoms with Crippen molar-refractivity contribution in [2.24, 2.45) is 0 Å². The summed E-state index contributed by atoms with van der Waals surface area (Å²) in [5.74, 6) is -2.08. The van der Waals surface area contributed by atoms with Crippen molar-refractivity contribution in [2.75, 3.05) is 47.5 Å². The van der Waals surface area contributed by atoms with E-state index in [1.54, 1.807) is 0 Å². The van der Waals surface area contributed by atoms with Crippen molar-refractivity contribution >= 4 is 17.9 Å². The van der Waals surface area contributed by atoms with E-state index in [-0.39, 0.29) is 38.6 Å². The maximum absolute atomic E-state index is 12.9. The standard InChI is InChI=1S/C74H115NO8/c1-6-8-10-12-14-16-18-20-22-24-25-26-27-28-29-30-31-32-33-34-35-36-37-38-39-40-41-42-43-44-45-46-47-49-51-53-55-57-59-61-63-65-72(77)83-70(69-82-74(73(78)79)80-67-66-75(3,4)5)68-81-71(76)64-62-60-58-56-54-52-50-48-23-21-19-17-15-13-11-9-7-2/h8-11,14-17,20-23,25-26,28-29,31-32,34-35,37-38,40-41,43-44,46-47,50,52,70,74H,6-7,12-13,18-19,24,27,30,33,36,39,42,45,48-49,51,53-69H2,1-5H3/p+1/b10-8-,11-9-,16-14-,17-15-,22-20-,23-21-,26-25-,29-28-,32-31-,35-34-,38-37-,41-40-,44-43-,47-46-,52-50-. The molecule has 0 heterocycles. The highest BCUT2D eigenvalue weighted by molar-refractivity contribution is 5.71. The lowest BCUT2D eigenvalue weighted by atomic mass is 10.1. The normalized spacial score (nSPS) is 14.0. The monoisotopic (exact) mass is 1150 g/mol. The molecule has 1 N–H and O–H groups in total. The maximum Gasteiger partial charge on any atom is 0.361 e. The fraction of sp³-hybridized carbons (Fsp3) is 0.554. The second-order valence-electron chi connectivity index (χ2n) is 21.6. The summed E-state index contributed by atoms with van der Waals surface area (Å²) in [6.45, 7) is 4.57. The Morgan fingerprint density at radius 2 is 0.651 bits per heavy atom. The van der Waals surface area contributed by atoms with Crippen LogP contribution in [0.25, 0.3) is 0 Å². The van der Waals surface area contributed by atoms with Crippen LogP contribution in [0, 0.1) is 0 Å². The first-order chi connectivity index (χ1) is 40.6. The van der Waals surface area contributed by atoms with Crippen molar-refractivity contribution in [1.82, 2.24) is 0 Å². The predicted octanol–water partition coefficient (Wildman–Crippen LogP) is 19.7. The molecule has 2 atom stereocenters. The number of quaternary nitrogens is 1. The molecule has 9 nitrogen and oxygen atoms in total. The van der Waals surface area contributed by atoms with Crippen LogP contribution in [0.15, 0.2) is 182 Å². The summed E-state index contributed by atoms with van der Waals surface area (Å²) < 4.78 is 22.8. The van der Waals surface area contributed by atoms with E-state index >= 15 is 0 Å². The molecule has 0 radical (unpaired) electrons. The Morgan fingerprint density at radius 1 is 0.361 bits per heavy atom. The molecule has 0 saturated carbocycles. The molecule has 0 fully saturated rings. The van der Waals surface area contributed by atoms with Crippen LogP contribution < -0.4 is 0 Å². The van der Waals surface area contributed by atoms with Crippen molar-refractivity contribution in [3.05, 3.63) is 182 Å². The molecule has 2 unspecified atom stereocenters. The zero-order chi connectivity index (χ0) is 60.5. The summed E-state index contributed by atoms with van der Waals surface area (Å²) in [6.07, 6.45) is 92.7. The van der Waals surface area contributed by atoms with E-state index in [1.165, 1.54) is 19.3 Å². The van der Waals surface area contributed by atoms with Gasteiger partial charge in [0, 0.05) is 12.8 Å². The SMILES string of the molecule is CC/C=C\C/C=C\C/C=C\C/C=C\C/C=C\C/C=C\C/C=C\C/C=C\C/C=C\C/C=C\C/C=C\CCCCCCCCCC(=O)OC(COC(=O)CCCCCC/C=C\C/C=C\C/C=C\C/C=C\CC)COC(OCC[N+](C)(C)C)C(=O)O. The lowest BCUT2D eigenvalue weighted by Gasteiger charge is -2.25. The van der Waals surface area contributed by atoms with E-state index in [0.29, 0.717) is 23.9 Å². The summed E-state index contributed by atoms with van der Waals surface area (Å²) in [7, 11) is 5.94. The van der Waals surface area contributed by atoms with E-state index in [2.05, 4.69) is 196 Å². The van der Waals surface area contributed by atoms with E-state index < -0.39 is 24.3 Å². The summed E-state index contributed by atoms with van der Waals surface area (Å²) in [5.41, 5.74) is 0. The highest BCUT2D eigenvalue weighted by Gasteiger charge is 2.25. The van der Waals surface area contributed by atoms with E-state index in [0.717, 1.165) is 148 Å². The molecule has 0 aromatic rings. The fourth-order valence-corrected chi connectivity index (χ4v) is 7.83. The number of carboxylic acids is 1. The summed E-state index contributed by atoms with van der Waals surface area (Å²) in [6, 6.07) is 0. The van der Waals surface area contributed by atoms with Crippen LogP contribution in [-0.4, -0.2) is 87.4 Å². The van der Waals surface area contributed by atoms with Gasteiger partial charge in [0.1, 0.15) is 13.2 Å². The third kappa shape index (κ3) is 63.8. The Balaban J connectivity index is 4.23. The highest BCUT2D eigenvalue weighted by Crippen LogP contribution is 2.13. The lowest BCUT2D eigenvalue weighted by Crippen LogP contribution is -2.40. The van der Waals surface area contributed by atoms with Gasteiger partial charge in [-0.1, -0.05) is 241 Å². The number of likely N-dealkylation sites (N-methyl/N-ethyl adjacent to an activating group) is 1. The smallest absolute Gasteiger partial charge is 0.361 e. The van der Waals surface area contributed by atoms with Crippen molar-refractivity contribution in [3.8, 4) is 0 Å². The second kappa shape index (κ2) is 62.4. The molecular formula is C74H116NO8+. The van der Waals surface area contributed by atoms with Crippen molar-refractivity contribution in [3.63, 3.8) is 0 Å². The lowest BCUT2D eigenvalue weighted by molar-refractivity contribution is -0.870. The molecule has 0 aliphatic rings. The molecule has 464 valence electrons. The summed E-state index contributed by atoms with van der Waals surface area (Å²) in [4.78, 5) is 37.5. The molecule has 0 aromatic carbocycles. The van der Waals surface area contributed by atoms with E-state index in [9.17, 15) is 19.5 Å². The molecule has 0 saturated heterocycles. The average Bonchev–Trinajstić information content (AvgIpc) is 3.46. The number of carboxylic acid groups (broad SMARTS) is 1. The first kappa shape index (κ1) is 77.4.